The van der Waals surface area contributed by atoms with Gasteiger partial charge in [0.15, 0.2) is 6.61 Å². The van der Waals surface area contributed by atoms with E-state index in [2.05, 4.69) is 35.1 Å². The zero-order chi connectivity index (χ0) is 30.9. The number of rotatable bonds is 5. The number of fused-ring (bicyclic) bond motifs is 3. The van der Waals surface area contributed by atoms with Gasteiger partial charge in [0.05, 0.1) is 20.9 Å². The second kappa shape index (κ2) is 18.3. The first-order valence-electron chi connectivity index (χ1n) is 13.6. The Morgan fingerprint density at radius 2 is 1.60 bits per heavy atom. The van der Waals surface area contributed by atoms with Crippen molar-refractivity contribution in [1.82, 2.24) is 9.97 Å². The molecule has 0 radical (unpaired) electrons. The van der Waals surface area contributed by atoms with Crippen LogP contribution in [0.4, 0.5) is 0 Å². The summed E-state index contributed by atoms with van der Waals surface area (Å²) in [6.07, 6.45) is 7.87. The molecule has 1 aliphatic carbocycles. The van der Waals surface area contributed by atoms with Crippen molar-refractivity contribution in [3.8, 4) is 5.75 Å². The van der Waals surface area contributed by atoms with Crippen LogP contribution in [0.5, 0.6) is 5.75 Å². The Labute approximate surface area is 289 Å². The van der Waals surface area contributed by atoms with Crippen molar-refractivity contribution in [2.75, 3.05) is 6.61 Å². The summed E-state index contributed by atoms with van der Waals surface area (Å²) in [5.41, 5.74) is 18.1. The van der Waals surface area contributed by atoms with Gasteiger partial charge < -0.3 is 26.8 Å². The maximum Gasteiger partial charge on any atom is 2.00 e. The number of nitrogens with one attached hydrogen (secondary N) is 2. The molecule has 5 N–H and O–H groups in total. The van der Waals surface area contributed by atoms with Gasteiger partial charge in [0, 0.05) is 28.7 Å². The van der Waals surface area contributed by atoms with Crippen molar-refractivity contribution in [2.45, 2.75) is 44.7 Å². The molecule has 0 bridgehead atoms. The van der Waals surface area contributed by atoms with Crippen LogP contribution < -0.4 is 4.74 Å². The van der Waals surface area contributed by atoms with Crippen LogP contribution in [0.2, 0.25) is 10.0 Å². The third-order valence-electron chi connectivity index (χ3n) is 6.82. The van der Waals surface area contributed by atoms with Crippen LogP contribution in [0, 0.1) is 6.92 Å². The summed E-state index contributed by atoms with van der Waals surface area (Å²) >= 11 is 13.3. The van der Waals surface area contributed by atoms with E-state index in [0.717, 1.165) is 29.3 Å². The first-order valence-corrected chi connectivity index (χ1v) is 15.2. The molecule has 2 atom stereocenters. The molecule has 1 saturated carbocycles. The summed E-state index contributed by atoms with van der Waals surface area (Å²) in [5.74, 6) is -1.24. The largest absolute Gasteiger partial charge is 2.00 e. The average Bonchev–Trinajstić information content (AvgIpc) is 3.55. The van der Waals surface area contributed by atoms with Crippen LogP contribution in [-0.2, 0) is 25.9 Å². The zero-order valence-corrected chi connectivity index (χ0v) is 28.8. The molecule has 1 fully saturated rings. The van der Waals surface area contributed by atoms with Crippen LogP contribution >= 0.6 is 34.5 Å². The standard InChI is InChI=1S/C13H8Cl2O4S.C13H10N2.C6H12N2.H2O.Pt/c14-11-7(13(18)9-2-1-5-20-9)3-4-8(12(11)15)19-6-10(16)17;1-9-8-10-4-2-6-14-12(10)13-11(9)5-3-7-15-13;7-5-3-1-2-4-6(5)8;;/h1-5H,6H2,(H,16,17);2-8H,1H3;5-8H,1-4H2;1H2;/q;;-2;;+2/t;;5-,6?;;/m..0../s1. The molecule has 3 heterocycles. The molecule has 5 aromatic rings. The molecule has 0 amide bonds. The number of aliphatic carboxylic acids is 1. The summed E-state index contributed by atoms with van der Waals surface area (Å²) in [5, 5.41) is 12.7. The van der Waals surface area contributed by atoms with E-state index in [1.165, 1.54) is 47.3 Å². The van der Waals surface area contributed by atoms with Crippen LogP contribution in [0.1, 0.15) is 46.5 Å². The molecule has 240 valence electrons. The predicted octanol–water partition coefficient (Wildman–Crippen LogP) is 8.42. The van der Waals surface area contributed by atoms with Crippen LogP contribution in [0.25, 0.3) is 33.3 Å². The summed E-state index contributed by atoms with van der Waals surface area (Å²) < 4.78 is 4.98. The van der Waals surface area contributed by atoms with E-state index in [1.807, 2.05) is 24.5 Å². The summed E-state index contributed by atoms with van der Waals surface area (Å²) in [6.45, 7) is 1.57. The molecule has 1 unspecified atom stereocenters. The number of aryl methyl sites for hydroxylation is 1. The van der Waals surface area contributed by atoms with Crippen molar-refractivity contribution < 1.29 is 46.0 Å². The molecule has 0 aliphatic heterocycles. The second-order valence-electron chi connectivity index (χ2n) is 9.89. The number of benzene rings is 2. The number of hydrogen-bond donors (Lipinski definition) is 1. The quantitative estimate of drug-likeness (QED) is 0.138. The fourth-order valence-corrected chi connectivity index (χ4v) is 5.72. The SMILES string of the molecule is Cc1cc2cccnc2c2ncccc12.O.O=C(O)COc1ccc(C(=O)c2cccs2)c(Cl)c1Cl.[NH-]C1CCCC[C@@H]1[NH-].[Pt+2]. The van der Waals surface area contributed by atoms with Crippen molar-refractivity contribution >= 4 is 68.1 Å². The number of ketones is 1. The van der Waals surface area contributed by atoms with Gasteiger partial charge in [0.2, 0.25) is 5.78 Å². The third kappa shape index (κ3) is 10.0. The number of thiophene rings is 1. The molecule has 2 aromatic carbocycles. The van der Waals surface area contributed by atoms with Gasteiger partial charge in [-0.15, -0.1) is 11.3 Å². The van der Waals surface area contributed by atoms with Gasteiger partial charge in [-0.25, -0.2) is 4.79 Å². The Morgan fingerprint density at radius 1 is 0.956 bits per heavy atom. The second-order valence-corrected chi connectivity index (χ2v) is 11.6. The van der Waals surface area contributed by atoms with E-state index in [1.54, 1.807) is 17.5 Å². The summed E-state index contributed by atoms with van der Waals surface area (Å²) in [4.78, 5) is 32.0. The first kappa shape index (κ1) is 38.2. The van der Waals surface area contributed by atoms with E-state index in [0.29, 0.717) is 4.88 Å². The van der Waals surface area contributed by atoms with Gasteiger partial charge in [-0.05, 0) is 54.3 Å². The molecule has 0 spiro atoms. The van der Waals surface area contributed by atoms with Gasteiger partial charge in [0.1, 0.15) is 10.8 Å². The summed E-state index contributed by atoms with van der Waals surface area (Å²) in [6, 6.07) is 16.4. The third-order valence-corrected chi connectivity index (χ3v) is 8.55. The molecule has 1 aliphatic rings. The minimum atomic E-state index is -1.13. The predicted molar refractivity (Wildman–Crippen MR) is 177 cm³/mol. The molecule has 6 rings (SSSR count). The van der Waals surface area contributed by atoms with Crippen LogP contribution in [0.3, 0.4) is 0 Å². The number of pyridine rings is 2. The van der Waals surface area contributed by atoms with Gasteiger partial charge in [0.25, 0.3) is 0 Å². The van der Waals surface area contributed by atoms with Gasteiger partial charge in [-0.2, -0.15) is 12.1 Å². The molecule has 45 heavy (non-hydrogen) atoms. The fourth-order valence-electron chi connectivity index (χ4n) is 4.58. The number of hydrogen-bond acceptors (Lipinski definition) is 6. The maximum atomic E-state index is 12.2. The van der Waals surface area contributed by atoms with E-state index >= 15 is 0 Å². The Hall–Kier alpha value is -2.95. The van der Waals surface area contributed by atoms with Gasteiger partial charge >= 0.3 is 27.0 Å². The number of carboxylic acid groups (broad SMARTS) is 1. The number of carboxylic acids is 1. The van der Waals surface area contributed by atoms with Crippen LogP contribution in [0.15, 0.2) is 72.4 Å². The van der Waals surface area contributed by atoms with Crippen molar-refractivity contribution in [2.24, 2.45) is 0 Å². The van der Waals surface area contributed by atoms with E-state index in [9.17, 15) is 9.59 Å². The molecule has 0 saturated heterocycles. The molecule has 9 nitrogen and oxygen atoms in total. The Bertz CT molecular complexity index is 1720. The fraction of sp³-hybridized carbons (Fsp3) is 0.250. The van der Waals surface area contributed by atoms with E-state index in [4.69, 9.17) is 44.5 Å². The van der Waals surface area contributed by atoms with Crippen molar-refractivity contribution in [3.63, 3.8) is 0 Å². The number of carbonyl (C=O) groups excluding carboxylic acids is 1. The smallest absolute Gasteiger partial charge is 0.676 e. The molecular weight excluding hydrogens is 818 g/mol. The minimum absolute atomic E-state index is 0. The van der Waals surface area contributed by atoms with E-state index in [-0.39, 0.29) is 65.8 Å². The normalized spacial score (nSPS) is 15.3. The maximum absolute atomic E-state index is 12.2. The van der Waals surface area contributed by atoms with Gasteiger partial charge in [-0.3, -0.25) is 14.8 Å². The van der Waals surface area contributed by atoms with E-state index < -0.39 is 12.6 Å². The monoisotopic (exact) mass is 849 g/mol. The minimum Gasteiger partial charge on any atom is -0.676 e. The number of halogens is 2. The van der Waals surface area contributed by atoms with Crippen molar-refractivity contribution in [1.29, 1.82) is 0 Å². The Morgan fingerprint density at radius 3 is 2.20 bits per heavy atom. The number of carbonyl (C=O) groups is 2. The molecule has 3 aromatic heterocycles. The molecular formula is C32H32Cl2N4O5PtS. The zero-order valence-electron chi connectivity index (χ0n) is 24.2. The Balaban J connectivity index is 0.000000249. The summed E-state index contributed by atoms with van der Waals surface area (Å²) in [7, 11) is 0. The molecule has 13 heteroatoms. The van der Waals surface area contributed by atoms with Gasteiger partial charge in [-0.1, -0.05) is 67.1 Å². The van der Waals surface area contributed by atoms with Crippen molar-refractivity contribution in [3.05, 3.63) is 110 Å². The number of ether oxygens (including phenoxy) is 1. The topological polar surface area (TPSA) is 168 Å². The van der Waals surface area contributed by atoms with Crippen LogP contribution in [-0.4, -0.2) is 51.0 Å². The average molecular weight is 851 g/mol. The Kier molecular flexibility index (Phi) is 15.5. The number of nitrogens with zero attached hydrogens (tertiary/aromatic N) is 2. The number of aromatic nitrogens is 2. The first-order chi connectivity index (χ1) is 20.7.